The molecule has 2 atom stereocenters. The Kier molecular flexibility index (Phi) is 4.10. The average Bonchev–Trinajstić information content (AvgIpc) is 2.51. The van der Waals surface area contributed by atoms with Crippen LogP contribution < -0.4 is 5.32 Å². The molecule has 2 unspecified atom stereocenters. The maximum absolute atomic E-state index is 10.4. The maximum atomic E-state index is 10.4. The SMILES string of the molecule is C=C(CNCC1CCC(O)C1)C(=O)O. The van der Waals surface area contributed by atoms with E-state index in [1.165, 1.54) is 0 Å². The number of hydrogen-bond donors (Lipinski definition) is 3. The summed E-state index contributed by atoms with van der Waals surface area (Å²) in [6, 6.07) is 0. The molecule has 4 nitrogen and oxygen atoms in total. The number of carboxylic acids is 1. The first-order chi connectivity index (χ1) is 6.59. The molecule has 0 amide bonds. The molecule has 0 spiro atoms. The number of hydrogen-bond acceptors (Lipinski definition) is 3. The summed E-state index contributed by atoms with van der Waals surface area (Å²) in [6.07, 6.45) is 2.55. The van der Waals surface area contributed by atoms with Crippen molar-refractivity contribution in [3.8, 4) is 0 Å². The third-order valence-electron chi connectivity index (χ3n) is 2.59. The van der Waals surface area contributed by atoms with Crippen LogP contribution in [0.4, 0.5) is 0 Å². The van der Waals surface area contributed by atoms with Gasteiger partial charge in [0, 0.05) is 12.1 Å². The zero-order valence-corrected chi connectivity index (χ0v) is 8.20. The van der Waals surface area contributed by atoms with Crippen LogP contribution in [-0.4, -0.2) is 35.4 Å². The molecule has 0 aliphatic heterocycles. The van der Waals surface area contributed by atoms with Crippen LogP contribution in [0.2, 0.25) is 0 Å². The average molecular weight is 199 g/mol. The van der Waals surface area contributed by atoms with E-state index in [0.717, 1.165) is 25.8 Å². The summed E-state index contributed by atoms with van der Waals surface area (Å²) in [5.41, 5.74) is 0.184. The van der Waals surface area contributed by atoms with Gasteiger partial charge in [0.15, 0.2) is 0 Å². The zero-order valence-electron chi connectivity index (χ0n) is 8.20. The highest BCUT2D eigenvalue weighted by Gasteiger charge is 2.22. The molecule has 1 aliphatic rings. The van der Waals surface area contributed by atoms with Crippen LogP contribution in [0.15, 0.2) is 12.2 Å². The van der Waals surface area contributed by atoms with Gasteiger partial charge in [-0.15, -0.1) is 0 Å². The van der Waals surface area contributed by atoms with Crippen LogP contribution in [0.25, 0.3) is 0 Å². The molecule has 80 valence electrons. The maximum Gasteiger partial charge on any atom is 0.332 e. The number of aliphatic hydroxyl groups is 1. The van der Waals surface area contributed by atoms with E-state index in [0.29, 0.717) is 12.5 Å². The van der Waals surface area contributed by atoms with Crippen molar-refractivity contribution in [1.82, 2.24) is 5.32 Å². The molecule has 0 saturated heterocycles. The van der Waals surface area contributed by atoms with Gasteiger partial charge in [0.2, 0.25) is 0 Å². The van der Waals surface area contributed by atoms with E-state index in [-0.39, 0.29) is 11.7 Å². The lowest BCUT2D eigenvalue weighted by Gasteiger charge is -2.10. The fourth-order valence-electron chi connectivity index (χ4n) is 1.74. The fourth-order valence-corrected chi connectivity index (χ4v) is 1.74. The molecule has 0 aromatic carbocycles. The minimum absolute atomic E-state index is 0.163. The second-order valence-electron chi connectivity index (χ2n) is 3.87. The van der Waals surface area contributed by atoms with Crippen molar-refractivity contribution >= 4 is 5.97 Å². The fraction of sp³-hybridized carbons (Fsp3) is 0.700. The van der Waals surface area contributed by atoms with E-state index < -0.39 is 5.97 Å². The summed E-state index contributed by atoms with van der Waals surface area (Å²) >= 11 is 0. The predicted molar refractivity (Wildman–Crippen MR) is 53.0 cm³/mol. The van der Waals surface area contributed by atoms with Crippen LogP contribution in [0.3, 0.4) is 0 Å². The molecular weight excluding hydrogens is 182 g/mol. The lowest BCUT2D eigenvalue weighted by Crippen LogP contribution is -2.25. The van der Waals surface area contributed by atoms with Gasteiger partial charge in [-0.05, 0) is 31.7 Å². The molecule has 1 rings (SSSR count). The summed E-state index contributed by atoms with van der Waals surface area (Å²) in [4.78, 5) is 10.4. The number of aliphatic carboxylic acids is 1. The van der Waals surface area contributed by atoms with Crippen molar-refractivity contribution < 1.29 is 15.0 Å². The minimum atomic E-state index is -0.955. The largest absolute Gasteiger partial charge is 0.478 e. The third kappa shape index (κ3) is 3.47. The van der Waals surface area contributed by atoms with Crippen LogP contribution >= 0.6 is 0 Å². The van der Waals surface area contributed by atoms with Gasteiger partial charge in [0.1, 0.15) is 0 Å². The first kappa shape index (κ1) is 11.2. The van der Waals surface area contributed by atoms with Gasteiger partial charge in [0.05, 0.1) is 6.10 Å². The Morgan fingerprint density at radius 1 is 1.50 bits per heavy atom. The number of carbonyl (C=O) groups is 1. The van der Waals surface area contributed by atoms with E-state index in [1.54, 1.807) is 0 Å². The Hall–Kier alpha value is -0.870. The first-order valence-electron chi connectivity index (χ1n) is 4.89. The molecule has 14 heavy (non-hydrogen) atoms. The molecular formula is C10H17NO3. The second kappa shape index (κ2) is 5.12. The second-order valence-corrected chi connectivity index (χ2v) is 3.87. The molecule has 0 heterocycles. The first-order valence-corrected chi connectivity index (χ1v) is 4.89. The van der Waals surface area contributed by atoms with E-state index in [4.69, 9.17) is 5.11 Å². The van der Waals surface area contributed by atoms with Crippen LogP contribution in [-0.2, 0) is 4.79 Å². The van der Waals surface area contributed by atoms with Crippen molar-refractivity contribution in [2.75, 3.05) is 13.1 Å². The van der Waals surface area contributed by atoms with Gasteiger partial charge in [0.25, 0.3) is 0 Å². The summed E-state index contributed by atoms with van der Waals surface area (Å²) in [5, 5.41) is 20.8. The number of nitrogens with one attached hydrogen (secondary N) is 1. The molecule has 3 N–H and O–H groups in total. The van der Waals surface area contributed by atoms with Gasteiger partial charge in [-0.25, -0.2) is 4.79 Å². The molecule has 0 radical (unpaired) electrons. The van der Waals surface area contributed by atoms with Crippen LogP contribution in [0.5, 0.6) is 0 Å². The standard InChI is InChI=1S/C10H17NO3/c1-7(10(13)14)5-11-6-8-2-3-9(12)4-8/h8-9,11-12H,1-6H2,(H,13,14). The Morgan fingerprint density at radius 2 is 2.21 bits per heavy atom. The summed E-state index contributed by atoms with van der Waals surface area (Å²) < 4.78 is 0. The predicted octanol–water partition coefficient (Wildman–Crippen LogP) is 0.378. The third-order valence-corrected chi connectivity index (χ3v) is 2.59. The number of carboxylic acid groups (broad SMARTS) is 1. The molecule has 1 aliphatic carbocycles. The van der Waals surface area contributed by atoms with E-state index in [2.05, 4.69) is 11.9 Å². The number of rotatable bonds is 5. The van der Waals surface area contributed by atoms with Crippen molar-refractivity contribution in [2.45, 2.75) is 25.4 Å². The lowest BCUT2D eigenvalue weighted by molar-refractivity contribution is -0.132. The van der Waals surface area contributed by atoms with Gasteiger partial charge < -0.3 is 15.5 Å². The zero-order chi connectivity index (χ0) is 10.6. The van der Waals surface area contributed by atoms with Crippen LogP contribution in [0, 0.1) is 5.92 Å². The van der Waals surface area contributed by atoms with Gasteiger partial charge >= 0.3 is 5.97 Å². The summed E-state index contributed by atoms with van der Waals surface area (Å²) in [6.45, 7) is 4.51. The molecule has 0 aromatic rings. The van der Waals surface area contributed by atoms with Gasteiger partial charge in [-0.2, -0.15) is 0 Å². The van der Waals surface area contributed by atoms with E-state index >= 15 is 0 Å². The van der Waals surface area contributed by atoms with E-state index in [1.807, 2.05) is 0 Å². The Labute approximate surface area is 83.6 Å². The minimum Gasteiger partial charge on any atom is -0.478 e. The van der Waals surface area contributed by atoms with Crippen molar-refractivity contribution in [3.63, 3.8) is 0 Å². The quantitative estimate of drug-likeness (QED) is 0.560. The van der Waals surface area contributed by atoms with Crippen molar-refractivity contribution in [3.05, 3.63) is 12.2 Å². The highest BCUT2D eigenvalue weighted by molar-refractivity contribution is 5.86. The van der Waals surface area contributed by atoms with Gasteiger partial charge in [-0.1, -0.05) is 6.58 Å². The molecule has 1 fully saturated rings. The molecule has 4 heteroatoms. The Morgan fingerprint density at radius 3 is 2.71 bits per heavy atom. The number of aliphatic hydroxyl groups excluding tert-OH is 1. The summed E-state index contributed by atoms with van der Waals surface area (Å²) in [5.74, 6) is -0.476. The monoisotopic (exact) mass is 199 g/mol. The van der Waals surface area contributed by atoms with Crippen molar-refractivity contribution in [2.24, 2.45) is 5.92 Å². The summed E-state index contributed by atoms with van der Waals surface area (Å²) in [7, 11) is 0. The van der Waals surface area contributed by atoms with Gasteiger partial charge in [-0.3, -0.25) is 0 Å². The van der Waals surface area contributed by atoms with E-state index in [9.17, 15) is 9.90 Å². The molecule has 0 aromatic heterocycles. The topological polar surface area (TPSA) is 69.6 Å². The molecule has 1 saturated carbocycles. The van der Waals surface area contributed by atoms with Crippen LogP contribution in [0.1, 0.15) is 19.3 Å². The molecule has 0 bridgehead atoms. The highest BCUT2D eigenvalue weighted by Crippen LogP contribution is 2.24. The lowest BCUT2D eigenvalue weighted by atomic mass is 10.1. The highest BCUT2D eigenvalue weighted by atomic mass is 16.4. The Balaban J connectivity index is 2.10. The normalized spacial score (nSPS) is 26.4. The smallest absolute Gasteiger partial charge is 0.332 e. The van der Waals surface area contributed by atoms with Crippen molar-refractivity contribution in [1.29, 1.82) is 0 Å². The Bertz CT molecular complexity index is 227.